The summed E-state index contributed by atoms with van der Waals surface area (Å²) in [7, 11) is 0. The third-order valence-corrected chi connectivity index (χ3v) is 9.01. The number of aromatic nitrogens is 2. The van der Waals surface area contributed by atoms with Crippen LogP contribution in [0.1, 0.15) is 0 Å². The molecular formula is C38H20N2. The van der Waals surface area contributed by atoms with Gasteiger partial charge in [-0.05, 0) is 108 Å². The van der Waals surface area contributed by atoms with Crippen molar-refractivity contribution in [3.05, 3.63) is 122 Å². The van der Waals surface area contributed by atoms with Crippen molar-refractivity contribution in [2.24, 2.45) is 0 Å². The Hall–Kier alpha value is -5.34. The minimum absolute atomic E-state index is 1.05. The first-order valence-electron chi connectivity index (χ1n) is 13.7. The first-order chi connectivity index (χ1) is 19.8. The summed E-state index contributed by atoms with van der Waals surface area (Å²) in [5.41, 5.74) is 13.5. The predicted octanol–water partition coefficient (Wildman–Crippen LogP) is 10.1. The Morgan fingerprint density at radius 3 is 1.98 bits per heavy atom. The highest BCUT2D eigenvalue weighted by molar-refractivity contribution is 6.28. The van der Waals surface area contributed by atoms with Gasteiger partial charge in [-0.2, -0.15) is 0 Å². The summed E-state index contributed by atoms with van der Waals surface area (Å²) >= 11 is 0. The molecule has 2 heteroatoms. The first-order valence-corrected chi connectivity index (χ1v) is 13.7. The zero-order valence-electron chi connectivity index (χ0n) is 21.4. The van der Waals surface area contributed by atoms with E-state index in [0.29, 0.717) is 0 Å². The standard InChI is InChI=1S/C38H20N2/c1-4-10-25-22(7-1)28-14-16-39-35-18-21(17-33(25)37(28)35)30-19-32-27-12-5-11-26-29-13-6-15-40-38(29)34(36(26)27)20-31(32)24-9-3-2-8-23(24)30/h1-20H. The Labute approximate surface area is 230 Å². The lowest BCUT2D eigenvalue weighted by Crippen LogP contribution is -1.89. The SMILES string of the molecule is c1ccc2c(c1)-c1ccnc3cc(-c4cc5c6cccc7c6c(cc5c5ccccc45)-c4ncccc4-7)cc-2c13. The molecule has 0 spiro atoms. The molecule has 182 valence electrons. The van der Waals surface area contributed by atoms with E-state index in [1.54, 1.807) is 0 Å². The van der Waals surface area contributed by atoms with Gasteiger partial charge in [0.25, 0.3) is 0 Å². The lowest BCUT2D eigenvalue weighted by molar-refractivity contribution is 1.35. The zero-order valence-corrected chi connectivity index (χ0v) is 21.4. The fourth-order valence-electron chi connectivity index (χ4n) is 7.38. The fraction of sp³-hybridized carbons (Fsp3) is 0. The Balaban J connectivity index is 1.35. The largest absolute Gasteiger partial charge is 0.256 e. The lowest BCUT2D eigenvalue weighted by Gasteiger charge is -2.15. The third-order valence-electron chi connectivity index (χ3n) is 9.01. The smallest absolute Gasteiger partial charge is 0.0787 e. The average molecular weight is 505 g/mol. The van der Waals surface area contributed by atoms with Crippen LogP contribution in [-0.2, 0) is 0 Å². The highest BCUT2D eigenvalue weighted by atomic mass is 14.7. The summed E-state index contributed by atoms with van der Waals surface area (Å²) in [6.07, 6.45) is 3.85. The van der Waals surface area contributed by atoms with E-state index in [2.05, 4.69) is 103 Å². The summed E-state index contributed by atoms with van der Waals surface area (Å²) in [5, 5.41) is 8.92. The quantitative estimate of drug-likeness (QED) is 0.208. The van der Waals surface area contributed by atoms with Gasteiger partial charge in [-0.1, -0.05) is 72.8 Å². The van der Waals surface area contributed by atoms with Crippen molar-refractivity contribution in [1.82, 2.24) is 9.97 Å². The van der Waals surface area contributed by atoms with Gasteiger partial charge in [0.1, 0.15) is 0 Å². The number of hydrogen-bond acceptors (Lipinski definition) is 2. The minimum atomic E-state index is 1.05. The lowest BCUT2D eigenvalue weighted by atomic mass is 9.88. The molecule has 2 aliphatic rings. The molecule has 10 rings (SSSR count). The second-order valence-electron chi connectivity index (χ2n) is 10.9. The third kappa shape index (κ3) is 2.45. The molecule has 0 atom stereocenters. The second kappa shape index (κ2) is 7.19. The van der Waals surface area contributed by atoms with E-state index in [9.17, 15) is 0 Å². The second-order valence-corrected chi connectivity index (χ2v) is 10.9. The molecule has 2 aliphatic carbocycles. The molecule has 2 nitrogen and oxygen atoms in total. The molecule has 0 saturated heterocycles. The summed E-state index contributed by atoms with van der Waals surface area (Å²) in [4.78, 5) is 9.67. The summed E-state index contributed by atoms with van der Waals surface area (Å²) < 4.78 is 0. The summed E-state index contributed by atoms with van der Waals surface area (Å²) in [6, 6.07) is 40.1. The van der Waals surface area contributed by atoms with Crippen LogP contribution < -0.4 is 0 Å². The molecule has 0 aliphatic heterocycles. The van der Waals surface area contributed by atoms with Gasteiger partial charge >= 0.3 is 0 Å². The molecule has 0 radical (unpaired) electrons. The first kappa shape index (κ1) is 20.6. The molecule has 0 unspecified atom stereocenters. The number of rotatable bonds is 1. The molecule has 2 heterocycles. The van der Waals surface area contributed by atoms with Crippen molar-refractivity contribution < 1.29 is 0 Å². The molecule has 40 heavy (non-hydrogen) atoms. The van der Waals surface area contributed by atoms with E-state index in [1.807, 2.05) is 18.5 Å². The van der Waals surface area contributed by atoms with Gasteiger partial charge in [0.15, 0.2) is 0 Å². The van der Waals surface area contributed by atoms with Gasteiger partial charge < -0.3 is 0 Å². The predicted molar refractivity (Wildman–Crippen MR) is 166 cm³/mol. The Morgan fingerprint density at radius 2 is 1.05 bits per heavy atom. The fourth-order valence-corrected chi connectivity index (χ4v) is 7.38. The van der Waals surface area contributed by atoms with E-state index in [-0.39, 0.29) is 0 Å². The number of hydrogen-bond donors (Lipinski definition) is 0. The monoisotopic (exact) mass is 504 g/mol. The molecule has 0 fully saturated rings. The molecule has 0 N–H and O–H groups in total. The van der Waals surface area contributed by atoms with Crippen molar-refractivity contribution in [2.75, 3.05) is 0 Å². The van der Waals surface area contributed by atoms with Crippen LogP contribution in [0.15, 0.2) is 122 Å². The van der Waals surface area contributed by atoms with E-state index < -0.39 is 0 Å². The van der Waals surface area contributed by atoms with Gasteiger partial charge in [0.05, 0.1) is 11.2 Å². The molecule has 8 aromatic rings. The topological polar surface area (TPSA) is 25.8 Å². The molecule has 0 amide bonds. The van der Waals surface area contributed by atoms with Crippen LogP contribution in [0.2, 0.25) is 0 Å². The van der Waals surface area contributed by atoms with Crippen LogP contribution in [-0.4, -0.2) is 9.97 Å². The average Bonchev–Trinajstić information content (AvgIpc) is 3.52. The van der Waals surface area contributed by atoms with E-state index >= 15 is 0 Å². The van der Waals surface area contributed by atoms with Crippen LogP contribution >= 0.6 is 0 Å². The van der Waals surface area contributed by atoms with Crippen LogP contribution in [0.5, 0.6) is 0 Å². The van der Waals surface area contributed by atoms with E-state index in [0.717, 1.165) is 11.2 Å². The number of benzene rings is 6. The highest BCUT2D eigenvalue weighted by Gasteiger charge is 2.26. The molecule has 0 saturated carbocycles. The Bertz CT molecular complexity index is 2430. The Kier molecular flexibility index (Phi) is 3.70. The Morgan fingerprint density at radius 1 is 0.350 bits per heavy atom. The number of fused-ring (bicyclic) bond motifs is 10. The number of nitrogens with zero attached hydrogens (tertiary/aromatic N) is 2. The van der Waals surface area contributed by atoms with Gasteiger partial charge in [-0.15, -0.1) is 0 Å². The maximum atomic E-state index is 4.85. The van der Waals surface area contributed by atoms with Crippen LogP contribution in [0.25, 0.3) is 99.0 Å². The summed E-state index contributed by atoms with van der Waals surface area (Å²) in [6.45, 7) is 0. The minimum Gasteiger partial charge on any atom is -0.256 e. The van der Waals surface area contributed by atoms with Gasteiger partial charge in [-0.3, -0.25) is 9.97 Å². The van der Waals surface area contributed by atoms with Crippen molar-refractivity contribution in [3.63, 3.8) is 0 Å². The normalized spacial score (nSPS) is 12.5. The van der Waals surface area contributed by atoms with Crippen LogP contribution in [0.3, 0.4) is 0 Å². The van der Waals surface area contributed by atoms with Gasteiger partial charge in [0.2, 0.25) is 0 Å². The van der Waals surface area contributed by atoms with E-state index in [4.69, 9.17) is 9.97 Å². The highest BCUT2D eigenvalue weighted by Crippen LogP contribution is 2.51. The van der Waals surface area contributed by atoms with Crippen molar-refractivity contribution >= 4 is 43.2 Å². The maximum Gasteiger partial charge on any atom is 0.0787 e. The van der Waals surface area contributed by atoms with Crippen molar-refractivity contribution in [1.29, 1.82) is 0 Å². The van der Waals surface area contributed by atoms with E-state index in [1.165, 1.54) is 87.8 Å². The van der Waals surface area contributed by atoms with Gasteiger partial charge in [0, 0.05) is 28.9 Å². The number of pyridine rings is 2. The molecule has 6 aromatic carbocycles. The zero-order chi connectivity index (χ0) is 25.9. The molecule has 0 bridgehead atoms. The van der Waals surface area contributed by atoms with Crippen molar-refractivity contribution in [3.8, 4) is 55.8 Å². The van der Waals surface area contributed by atoms with Crippen LogP contribution in [0.4, 0.5) is 0 Å². The molecular weight excluding hydrogens is 484 g/mol. The summed E-state index contributed by atoms with van der Waals surface area (Å²) in [5.74, 6) is 0. The molecule has 2 aromatic heterocycles. The maximum absolute atomic E-state index is 4.85. The van der Waals surface area contributed by atoms with Gasteiger partial charge in [-0.25, -0.2) is 0 Å². The van der Waals surface area contributed by atoms with Crippen LogP contribution in [0, 0.1) is 0 Å². The van der Waals surface area contributed by atoms with Crippen molar-refractivity contribution in [2.45, 2.75) is 0 Å².